The number of carbonyl (C=O) groups is 1. The summed E-state index contributed by atoms with van der Waals surface area (Å²) < 4.78 is 5.47. The van der Waals surface area contributed by atoms with Crippen LogP contribution in [0.15, 0.2) is 12.1 Å². The Labute approximate surface area is 116 Å². The molecule has 5 nitrogen and oxygen atoms in total. The molecule has 0 heterocycles. The second kappa shape index (κ2) is 6.13. The number of nitrogens with one attached hydrogen (secondary N) is 1. The minimum Gasteiger partial charge on any atom is -0.489 e. The first-order valence-corrected chi connectivity index (χ1v) is 6.02. The zero-order chi connectivity index (χ0) is 13.9. The maximum absolute atomic E-state index is 11.4. The summed E-state index contributed by atoms with van der Waals surface area (Å²) >= 11 is 12.0. The maximum atomic E-state index is 11.4. The van der Waals surface area contributed by atoms with E-state index in [9.17, 15) is 4.79 Å². The molecule has 1 aromatic carbocycles. The molecule has 18 heavy (non-hydrogen) atoms. The number of hydrogen-bond donors (Lipinski definition) is 2. The summed E-state index contributed by atoms with van der Waals surface area (Å²) in [7, 11) is 1.42. The van der Waals surface area contributed by atoms with Crippen molar-refractivity contribution in [3.63, 3.8) is 0 Å². The molecule has 0 spiro atoms. The first kappa shape index (κ1) is 14.9. The van der Waals surface area contributed by atoms with Crippen LogP contribution in [0, 0.1) is 0 Å². The molecule has 1 aromatic rings. The van der Waals surface area contributed by atoms with Crippen LogP contribution in [0.4, 0.5) is 10.5 Å². The van der Waals surface area contributed by atoms with Gasteiger partial charge in [-0.2, -0.15) is 0 Å². The van der Waals surface area contributed by atoms with Gasteiger partial charge >= 0.3 is 6.03 Å². The summed E-state index contributed by atoms with van der Waals surface area (Å²) in [6.45, 7) is 3.76. The topological polar surface area (TPSA) is 67.6 Å². The van der Waals surface area contributed by atoms with Crippen LogP contribution < -0.4 is 15.9 Å². The summed E-state index contributed by atoms with van der Waals surface area (Å²) in [5.41, 5.74) is 0.375. The Kier molecular flexibility index (Phi) is 5.07. The number of urea groups is 1. The van der Waals surface area contributed by atoms with Crippen molar-refractivity contribution in [1.29, 1.82) is 0 Å². The molecule has 0 saturated heterocycles. The molecule has 3 N–H and O–H groups in total. The van der Waals surface area contributed by atoms with Crippen LogP contribution in [-0.4, -0.2) is 24.2 Å². The fourth-order valence-corrected chi connectivity index (χ4v) is 1.58. The van der Waals surface area contributed by atoms with Crippen molar-refractivity contribution in [2.45, 2.75) is 20.0 Å². The maximum Gasteiger partial charge on any atom is 0.335 e. The van der Waals surface area contributed by atoms with Gasteiger partial charge in [0.15, 0.2) is 0 Å². The van der Waals surface area contributed by atoms with Gasteiger partial charge < -0.3 is 10.1 Å². The minimum atomic E-state index is -0.495. The van der Waals surface area contributed by atoms with Gasteiger partial charge in [-0.15, -0.1) is 0 Å². The molecular weight excluding hydrogens is 277 g/mol. The molecule has 0 unspecified atom stereocenters. The number of nitrogens with zero attached hydrogens (tertiary/aromatic N) is 1. The highest BCUT2D eigenvalue weighted by Gasteiger charge is 2.12. The van der Waals surface area contributed by atoms with Gasteiger partial charge in [-0.1, -0.05) is 23.2 Å². The highest BCUT2D eigenvalue weighted by atomic mass is 35.5. The van der Waals surface area contributed by atoms with Crippen LogP contribution in [-0.2, 0) is 0 Å². The van der Waals surface area contributed by atoms with E-state index in [4.69, 9.17) is 33.8 Å². The summed E-state index contributed by atoms with van der Waals surface area (Å²) in [4.78, 5) is 11.4. The first-order valence-electron chi connectivity index (χ1n) is 5.26. The number of halogens is 2. The standard InChI is InChI=1S/C11H15Cl2N3O2/c1-6(2)18-10-5-7(12)9(4-8(10)13)15-11(17)16(3)14/h4-6H,14H2,1-3H3,(H,15,17). The van der Waals surface area contributed by atoms with E-state index in [1.165, 1.54) is 13.1 Å². The lowest BCUT2D eigenvalue weighted by Gasteiger charge is -2.16. The number of nitrogens with two attached hydrogens (primary N) is 1. The van der Waals surface area contributed by atoms with Crippen molar-refractivity contribution in [1.82, 2.24) is 5.01 Å². The number of hydrazine groups is 1. The van der Waals surface area contributed by atoms with Gasteiger partial charge in [-0.05, 0) is 19.9 Å². The van der Waals surface area contributed by atoms with E-state index in [2.05, 4.69) is 5.32 Å². The van der Waals surface area contributed by atoms with Gasteiger partial charge in [-0.3, -0.25) is 5.01 Å². The SMILES string of the molecule is CC(C)Oc1cc(Cl)c(NC(=O)N(C)N)cc1Cl. The average molecular weight is 292 g/mol. The number of ether oxygens (including phenoxy) is 1. The molecule has 0 aliphatic carbocycles. The van der Waals surface area contributed by atoms with Crippen LogP contribution in [0.5, 0.6) is 5.75 Å². The van der Waals surface area contributed by atoms with E-state index < -0.39 is 6.03 Å². The third-order valence-electron chi connectivity index (χ3n) is 1.95. The van der Waals surface area contributed by atoms with E-state index in [-0.39, 0.29) is 6.10 Å². The van der Waals surface area contributed by atoms with E-state index in [1.807, 2.05) is 13.8 Å². The molecule has 0 aromatic heterocycles. The smallest absolute Gasteiger partial charge is 0.335 e. The lowest BCUT2D eigenvalue weighted by molar-refractivity contribution is 0.223. The lowest BCUT2D eigenvalue weighted by Crippen LogP contribution is -2.36. The quantitative estimate of drug-likeness (QED) is 0.511. The second-order valence-corrected chi connectivity index (χ2v) is 4.78. The molecule has 0 radical (unpaired) electrons. The summed E-state index contributed by atoms with van der Waals surface area (Å²) in [6, 6.07) is 2.57. The van der Waals surface area contributed by atoms with Gasteiger partial charge in [0, 0.05) is 13.1 Å². The molecule has 0 bridgehead atoms. The number of anilines is 1. The van der Waals surface area contributed by atoms with Gasteiger partial charge in [-0.25, -0.2) is 10.6 Å². The fourth-order valence-electron chi connectivity index (χ4n) is 1.17. The van der Waals surface area contributed by atoms with Gasteiger partial charge in [0.1, 0.15) is 5.75 Å². The molecule has 7 heteroatoms. The zero-order valence-corrected chi connectivity index (χ0v) is 11.8. The molecule has 0 aliphatic rings. The van der Waals surface area contributed by atoms with Crippen molar-refractivity contribution in [3.8, 4) is 5.75 Å². The van der Waals surface area contributed by atoms with Gasteiger partial charge in [0.25, 0.3) is 0 Å². The first-order chi connectivity index (χ1) is 8.31. The molecule has 2 amide bonds. The Morgan fingerprint density at radius 1 is 1.39 bits per heavy atom. The molecule has 100 valence electrons. The summed E-state index contributed by atoms with van der Waals surface area (Å²) in [5.74, 6) is 5.76. The molecule has 0 saturated carbocycles. The van der Waals surface area contributed by atoms with Crippen LogP contribution in [0.25, 0.3) is 0 Å². The van der Waals surface area contributed by atoms with Crippen molar-refractivity contribution in [3.05, 3.63) is 22.2 Å². The molecule has 0 fully saturated rings. The molecule has 0 atom stereocenters. The molecule has 0 aliphatic heterocycles. The number of hydrogen-bond acceptors (Lipinski definition) is 3. The third-order valence-corrected chi connectivity index (χ3v) is 2.55. The van der Waals surface area contributed by atoms with Crippen molar-refractivity contribution in [2.75, 3.05) is 12.4 Å². The van der Waals surface area contributed by atoms with Crippen LogP contribution in [0.1, 0.15) is 13.8 Å². The largest absolute Gasteiger partial charge is 0.489 e. The van der Waals surface area contributed by atoms with E-state index >= 15 is 0 Å². The monoisotopic (exact) mass is 291 g/mol. The van der Waals surface area contributed by atoms with E-state index in [0.29, 0.717) is 21.5 Å². The Balaban J connectivity index is 2.96. The number of rotatable bonds is 3. The predicted molar refractivity (Wildman–Crippen MR) is 73.2 cm³/mol. The second-order valence-electron chi connectivity index (χ2n) is 3.97. The van der Waals surface area contributed by atoms with Crippen molar-refractivity contribution >= 4 is 34.9 Å². The minimum absolute atomic E-state index is 0.0193. The van der Waals surface area contributed by atoms with Crippen molar-refractivity contribution in [2.24, 2.45) is 5.84 Å². The normalized spacial score (nSPS) is 10.4. The lowest BCUT2D eigenvalue weighted by atomic mass is 10.3. The highest BCUT2D eigenvalue weighted by Crippen LogP contribution is 2.34. The van der Waals surface area contributed by atoms with E-state index in [0.717, 1.165) is 5.01 Å². The number of carbonyl (C=O) groups excluding carboxylic acids is 1. The zero-order valence-electron chi connectivity index (χ0n) is 10.3. The highest BCUT2D eigenvalue weighted by molar-refractivity contribution is 6.36. The number of amides is 2. The Morgan fingerprint density at radius 3 is 2.50 bits per heavy atom. The fraction of sp³-hybridized carbons (Fsp3) is 0.364. The average Bonchev–Trinajstić information content (AvgIpc) is 2.24. The van der Waals surface area contributed by atoms with Crippen LogP contribution in [0.3, 0.4) is 0 Å². The summed E-state index contributed by atoms with van der Waals surface area (Å²) in [5, 5.41) is 4.11. The Hall–Kier alpha value is -1.17. The number of benzene rings is 1. The Morgan fingerprint density at radius 2 is 2.00 bits per heavy atom. The van der Waals surface area contributed by atoms with Gasteiger partial charge in [0.2, 0.25) is 0 Å². The molecule has 1 rings (SSSR count). The predicted octanol–water partition coefficient (Wildman–Crippen LogP) is 3.12. The Bertz CT molecular complexity index is 450. The van der Waals surface area contributed by atoms with E-state index in [1.54, 1.807) is 6.07 Å². The third kappa shape index (κ3) is 3.94. The summed E-state index contributed by atoms with van der Waals surface area (Å²) in [6.07, 6.45) is -0.0193. The van der Waals surface area contributed by atoms with Crippen molar-refractivity contribution < 1.29 is 9.53 Å². The molecular formula is C11H15Cl2N3O2. The van der Waals surface area contributed by atoms with Gasteiger partial charge in [0.05, 0.1) is 21.8 Å². The van der Waals surface area contributed by atoms with Crippen LogP contribution >= 0.6 is 23.2 Å². The van der Waals surface area contributed by atoms with Crippen LogP contribution in [0.2, 0.25) is 10.0 Å².